The van der Waals surface area contributed by atoms with Crippen molar-refractivity contribution in [3.63, 3.8) is 0 Å². The molecule has 0 atom stereocenters. The van der Waals surface area contributed by atoms with E-state index in [9.17, 15) is 9.59 Å². The third-order valence-corrected chi connectivity index (χ3v) is 4.08. The van der Waals surface area contributed by atoms with Crippen LogP contribution in [0, 0.1) is 0 Å². The van der Waals surface area contributed by atoms with Crippen LogP contribution < -0.4 is 10.1 Å². The monoisotopic (exact) mass is 410 g/mol. The fraction of sp³-hybridized carbons (Fsp3) is 0.227. The van der Waals surface area contributed by atoms with Crippen molar-refractivity contribution in [1.29, 1.82) is 0 Å². The molecular formula is C22H22N2O6. The highest BCUT2D eigenvalue weighted by Gasteiger charge is 2.11. The number of methoxy groups -OCH3 is 1. The average molecular weight is 410 g/mol. The fourth-order valence-corrected chi connectivity index (χ4v) is 2.54. The molecular weight excluding hydrogens is 388 g/mol. The van der Waals surface area contributed by atoms with Gasteiger partial charge in [-0.1, -0.05) is 30.3 Å². The second-order valence-electron chi connectivity index (χ2n) is 6.24. The number of carbonyl (C=O) groups excluding carboxylic acids is 2. The van der Waals surface area contributed by atoms with Gasteiger partial charge in [-0.2, -0.15) is 0 Å². The highest BCUT2D eigenvalue weighted by atomic mass is 16.5. The molecule has 3 aromatic rings. The van der Waals surface area contributed by atoms with Crippen molar-refractivity contribution in [3.8, 4) is 17.0 Å². The van der Waals surface area contributed by atoms with Crippen molar-refractivity contribution in [2.24, 2.45) is 0 Å². The Balaban J connectivity index is 1.38. The maximum absolute atomic E-state index is 11.7. The van der Waals surface area contributed by atoms with Crippen LogP contribution >= 0.6 is 0 Å². The van der Waals surface area contributed by atoms with Crippen LogP contribution in [0.3, 0.4) is 0 Å². The maximum atomic E-state index is 11.7. The molecule has 156 valence electrons. The van der Waals surface area contributed by atoms with Crippen molar-refractivity contribution >= 4 is 12.1 Å². The van der Waals surface area contributed by atoms with Gasteiger partial charge in [0.2, 0.25) is 5.89 Å². The molecule has 1 aromatic heterocycles. The molecule has 0 radical (unpaired) electrons. The van der Waals surface area contributed by atoms with Crippen LogP contribution in [0.2, 0.25) is 0 Å². The molecule has 0 saturated carbocycles. The van der Waals surface area contributed by atoms with E-state index in [4.69, 9.17) is 13.9 Å². The maximum Gasteiger partial charge on any atom is 0.407 e. The van der Waals surface area contributed by atoms with Crippen molar-refractivity contribution in [2.45, 2.75) is 13.0 Å². The number of hydrogen-bond donors (Lipinski definition) is 1. The van der Waals surface area contributed by atoms with E-state index < -0.39 is 12.1 Å². The number of carbonyl (C=O) groups is 2. The Bertz CT molecular complexity index is 953. The number of aromatic nitrogens is 1. The summed E-state index contributed by atoms with van der Waals surface area (Å²) >= 11 is 0. The molecule has 0 saturated heterocycles. The van der Waals surface area contributed by atoms with Gasteiger partial charge in [-0.25, -0.2) is 9.78 Å². The normalized spacial score (nSPS) is 10.3. The number of ether oxygens (including phenoxy) is 3. The van der Waals surface area contributed by atoms with Gasteiger partial charge in [0.25, 0.3) is 0 Å². The molecule has 0 fully saturated rings. The lowest BCUT2D eigenvalue weighted by Crippen LogP contribution is -2.28. The zero-order valence-electron chi connectivity index (χ0n) is 16.5. The third kappa shape index (κ3) is 6.37. The summed E-state index contributed by atoms with van der Waals surface area (Å²) in [5.41, 5.74) is 2.36. The Morgan fingerprint density at radius 2 is 1.83 bits per heavy atom. The van der Waals surface area contributed by atoms with Gasteiger partial charge >= 0.3 is 12.1 Å². The summed E-state index contributed by atoms with van der Waals surface area (Å²) in [7, 11) is 1.31. The Kier molecular flexibility index (Phi) is 7.43. The molecule has 30 heavy (non-hydrogen) atoms. The van der Waals surface area contributed by atoms with Gasteiger partial charge in [0.15, 0.2) is 0 Å². The first kappa shape index (κ1) is 20.9. The van der Waals surface area contributed by atoms with Gasteiger partial charge in [-0.15, -0.1) is 0 Å². The van der Waals surface area contributed by atoms with Gasteiger partial charge in [-0.05, 0) is 29.8 Å². The third-order valence-electron chi connectivity index (χ3n) is 4.08. The van der Waals surface area contributed by atoms with E-state index in [1.807, 2.05) is 42.5 Å². The zero-order valence-corrected chi connectivity index (χ0v) is 16.5. The summed E-state index contributed by atoms with van der Waals surface area (Å²) in [6, 6.07) is 16.7. The lowest BCUT2D eigenvalue weighted by atomic mass is 10.2. The lowest BCUT2D eigenvalue weighted by Gasteiger charge is -2.09. The number of rotatable bonds is 9. The Hall–Kier alpha value is -3.81. The number of oxazole rings is 1. The van der Waals surface area contributed by atoms with E-state index in [2.05, 4.69) is 15.0 Å². The summed E-state index contributed by atoms with van der Waals surface area (Å²) in [6.07, 6.45) is 0.976. The molecule has 0 aliphatic carbocycles. The Morgan fingerprint density at radius 3 is 2.57 bits per heavy atom. The van der Waals surface area contributed by atoms with E-state index in [1.165, 1.54) is 13.4 Å². The average Bonchev–Trinajstić information content (AvgIpc) is 3.24. The first-order chi connectivity index (χ1) is 14.6. The number of hydrogen-bond acceptors (Lipinski definition) is 7. The molecule has 0 aliphatic heterocycles. The van der Waals surface area contributed by atoms with E-state index in [0.717, 1.165) is 11.1 Å². The van der Waals surface area contributed by atoms with E-state index in [0.29, 0.717) is 30.5 Å². The van der Waals surface area contributed by atoms with Crippen LogP contribution in [-0.4, -0.2) is 37.3 Å². The van der Waals surface area contributed by atoms with Gasteiger partial charge in [0.05, 0.1) is 13.7 Å². The number of amides is 1. The molecule has 8 nitrogen and oxygen atoms in total. The molecule has 1 heterocycles. The quantitative estimate of drug-likeness (QED) is 0.426. The minimum Gasteiger partial charge on any atom is -0.492 e. The van der Waals surface area contributed by atoms with Crippen molar-refractivity contribution in [3.05, 3.63) is 72.3 Å². The van der Waals surface area contributed by atoms with Crippen LogP contribution in [-0.2, 0) is 27.3 Å². The summed E-state index contributed by atoms with van der Waals surface area (Å²) in [5.74, 6) is 0.531. The highest BCUT2D eigenvalue weighted by molar-refractivity contribution is 5.71. The summed E-state index contributed by atoms with van der Waals surface area (Å²) in [5, 5.41) is 2.64. The molecule has 1 amide bonds. The van der Waals surface area contributed by atoms with E-state index in [-0.39, 0.29) is 13.0 Å². The fourth-order valence-electron chi connectivity index (χ4n) is 2.54. The van der Waals surface area contributed by atoms with Crippen LogP contribution in [0.15, 0.2) is 65.3 Å². The molecule has 0 unspecified atom stereocenters. The predicted molar refractivity (Wildman–Crippen MR) is 108 cm³/mol. The SMILES string of the molecule is COC(=O)Cc1nc(-c2ccc(OCCNC(=O)OCc3ccccc3)cc2)co1. The molecule has 1 N–H and O–H groups in total. The Labute approximate surface area is 173 Å². The summed E-state index contributed by atoms with van der Waals surface area (Å²) in [4.78, 5) is 27.2. The summed E-state index contributed by atoms with van der Waals surface area (Å²) < 4.78 is 20.6. The molecule has 2 aromatic carbocycles. The zero-order chi connectivity index (χ0) is 21.2. The van der Waals surface area contributed by atoms with Crippen molar-refractivity contribution in [1.82, 2.24) is 10.3 Å². The number of esters is 1. The second-order valence-corrected chi connectivity index (χ2v) is 6.24. The predicted octanol–water partition coefficient (Wildman–Crippen LogP) is 3.36. The van der Waals surface area contributed by atoms with Crippen LogP contribution in [0.4, 0.5) is 4.79 Å². The van der Waals surface area contributed by atoms with E-state index in [1.54, 1.807) is 12.1 Å². The van der Waals surface area contributed by atoms with Gasteiger partial charge in [0, 0.05) is 5.56 Å². The number of benzene rings is 2. The minimum atomic E-state index is -0.494. The first-order valence-corrected chi connectivity index (χ1v) is 9.33. The Morgan fingerprint density at radius 1 is 1.07 bits per heavy atom. The van der Waals surface area contributed by atoms with Crippen LogP contribution in [0.5, 0.6) is 5.75 Å². The smallest absolute Gasteiger partial charge is 0.407 e. The highest BCUT2D eigenvalue weighted by Crippen LogP contribution is 2.22. The van der Waals surface area contributed by atoms with Gasteiger partial charge in [0.1, 0.15) is 37.3 Å². The molecule has 8 heteroatoms. The van der Waals surface area contributed by atoms with Crippen LogP contribution in [0.25, 0.3) is 11.3 Å². The number of nitrogens with one attached hydrogen (secondary N) is 1. The van der Waals surface area contributed by atoms with E-state index >= 15 is 0 Å². The molecule has 0 bridgehead atoms. The lowest BCUT2D eigenvalue weighted by molar-refractivity contribution is -0.140. The van der Waals surface area contributed by atoms with Crippen LogP contribution in [0.1, 0.15) is 11.5 Å². The molecule has 3 rings (SSSR count). The second kappa shape index (κ2) is 10.7. The van der Waals surface area contributed by atoms with Gasteiger partial charge in [-0.3, -0.25) is 4.79 Å². The molecule has 0 spiro atoms. The number of nitrogens with zero attached hydrogens (tertiary/aromatic N) is 1. The summed E-state index contributed by atoms with van der Waals surface area (Å²) in [6.45, 7) is 0.834. The van der Waals surface area contributed by atoms with Crippen molar-refractivity contribution < 1.29 is 28.2 Å². The largest absolute Gasteiger partial charge is 0.492 e. The first-order valence-electron chi connectivity index (χ1n) is 9.33. The van der Waals surface area contributed by atoms with Gasteiger partial charge < -0.3 is 23.9 Å². The molecule has 0 aliphatic rings. The van der Waals surface area contributed by atoms with Crippen molar-refractivity contribution in [2.75, 3.05) is 20.3 Å². The standard InChI is InChI=1S/C22H22N2O6/c1-27-21(25)13-20-24-19(15-29-20)17-7-9-18(10-8-17)28-12-11-23-22(26)30-14-16-5-3-2-4-6-16/h2-10,15H,11-14H2,1H3,(H,23,26). The minimum absolute atomic E-state index is 0.0154. The number of alkyl carbamates (subject to hydrolysis) is 1. The topological polar surface area (TPSA) is 99.9 Å².